The molecule has 1 aromatic carbocycles. The maximum atomic E-state index is 5.86. The second kappa shape index (κ2) is 7.22. The fourth-order valence-corrected chi connectivity index (χ4v) is 1.55. The Labute approximate surface area is 111 Å². The van der Waals surface area contributed by atoms with E-state index in [1.807, 2.05) is 31.2 Å². The third kappa shape index (κ3) is 4.53. The van der Waals surface area contributed by atoms with Crippen molar-refractivity contribution in [2.24, 2.45) is 5.92 Å². The van der Waals surface area contributed by atoms with Crippen LogP contribution in [0.2, 0.25) is 0 Å². The van der Waals surface area contributed by atoms with E-state index in [4.69, 9.17) is 9.47 Å². The molecule has 0 saturated carbocycles. The molecule has 18 heavy (non-hydrogen) atoms. The van der Waals surface area contributed by atoms with E-state index in [0.29, 0.717) is 5.92 Å². The van der Waals surface area contributed by atoms with Gasteiger partial charge in [-0.15, -0.1) is 0 Å². The SMILES string of the molecule is C=C(C)c1ccc(OC(OCCC)C(C)C)cc1. The van der Waals surface area contributed by atoms with Crippen molar-refractivity contribution in [3.8, 4) is 5.75 Å². The predicted molar refractivity (Wildman–Crippen MR) is 76.6 cm³/mol. The lowest BCUT2D eigenvalue weighted by molar-refractivity contribution is -0.107. The van der Waals surface area contributed by atoms with Crippen LogP contribution in [0.15, 0.2) is 30.8 Å². The monoisotopic (exact) mass is 248 g/mol. The van der Waals surface area contributed by atoms with Gasteiger partial charge in [0.2, 0.25) is 6.29 Å². The van der Waals surface area contributed by atoms with Gasteiger partial charge in [-0.05, 0) is 31.0 Å². The topological polar surface area (TPSA) is 18.5 Å². The Morgan fingerprint density at radius 2 is 1.83 bits per heavy atom. The molecular formula is C16H24O2. The highest BCUT2D eigenvalue weighted by atomic mass is 16.7. The van der Waals surface area contributed by atoms with E-state index >= 15 is 0 Å². The van der Waals surface area contributed by atoms with Crippen LogP contribution in [0.3, 0.4) is 0 Å². The maximum absolute atomic E-state index is 5.86. The molecule has 1 aromatic rings. The standard InChI is InChI=1S/C16H24O2/c1-6-11-17-16(13(4)5)18-15-9-7-14(8-10-15)12(2)3/h7-10,13,16H,2,6,11H2,1,3-5H3. The first-order chi connectivity index (χ1) is 8.54. The molecule has 0 N–H and O–H groups in total. The number of ether oxygens (including phenoxy) is 2. The summed E-state index contributed by atoms with van der Waals surface area (Å²) in [6.45, 7) is 12.9. The Morgan fingerprint density at radius 3 is 2.28 bits per heavy atom. The van der Waals surface area contributed by atoms with E-state index in [0.717, 1.165) is 29.9 Å². The van der Waals surface area contributed by atoms with Crippen LogP contribution in [0, 0.1) is 5.92 Å². The molecule has 0 aliphatic rings. The first kappa shape index (κ1) is 14.8. The Bertz CT molecular complexity index is 365. The molecule has 100 valence electrons. The molecule has 0 aromatic heterocycles. The van der Waals surface area contributed by atoms with Gasteiger partial charge in [0, 0.05) is 5.92 Å². The molecular weight excluding hydrogens is 224 g/mol. The first-order valence-electron chi connectivity index (χ1n) is 6.58. The molecule has 2 heteroatoms. The van der Waals surface area contributed by atoms with Crippen molar-refractivity contribution in [1.82, 2.24) is 0 Å². The van der Waals surface area contributed by atoms with Crippen molar-refractivity contribution in [2.75, 3.05) is 6.61 Å². The van der Waals surface area contributed by atoms with E-state index in [2.05, 4.69) is 27.4 Å². The molecule has 0 aliphatic heterocycles. The van der Waals surface area contributed by atoms with Crippen LogP contribution in [0.25, 0.3) is 5.57 Å². The Hall–Kier alpha value is -1.28. The average Bonchev–Trinajstić information content (AvgIpc) is 2.34. The summed E-state index contributed by atoms with van der Waals surface area (Å²) in [5.74, 6) is 1.17. The average molecular weight is 248 g/mol. The second-order valence-corrected chi connectivity index (χ2v) is 4.91. The van der Waals surface area contributed by atoms with Crippen LogP contribution >= 0.6 is 0 Å². The van der Waals surface area contributed by atoms with Crippen LogP contribution in [0.5, 0.6) is 5.75 Å². The van der Waals surface area contributed by atoms with Gasteiger partial charge in [0.1, 0.15) is 5.75 Å². The number of hydrogen-bond donors (Lipinski definition) is 0. The van der Waals surface area contributed by atoms with Gasteiger partial charge in [-0.25, -0.2) is 0 Å². The van der Waals surface area contributed by atoms with Gasteiger partial charge >= 0.3 is 0 Å². The molecule has 0 aliphatic carbocycles. The summed E-state index contributed by atoms with van der Waals surface area (Å²) < 4.78 is 11.6. The van der Waals surface area contributed by atoms with E-state index in [1.54, 1.807) is 0 Å². The molecule has 0 bridgehead atoms. The van der Waals surface area contributed by atoms with E-state index in [-0.39, 0.29) is 6.29 Å². The fraction of sp³-hybridized carbons (Fsp3) is 0.500. The predicted octanol–water partition coefficient (Wildman–Crippen LogP) is 4.51. The van der Waals surface area contributed by atoms with E-state index < -0.39 is 0 Å². The summed E-state index contributed by atoms with van der Waals surface area (Å²) in [5.41, 5.74) is 2.20. The van der Waals surface area contributed by atoms with Crippen LogP contribution < -0.4 is 4.74 Å². The molecule has 0 saturated heterocycles. The minimum atomic E-state index is -0.180. The van der Waals surface area contributed by atoms with Gasteiger partial charge in [-0.2, -0.15) is 0 Å². The summed E-state index contributed by atoms with van der Waals surface area (Å²) in [7, 11) is 0. The van der Waals surface area contributed by atoms with Crippen molar-refractivity contribution in [1.29, 1.82) is 0 Å². The minimum absolute atomic E-state index is 0.180. The highest BCUT2D eigenvalue weighted by Crippen LogP contribution is 2.20. The van der Waals surface area contributed by atoms with Gasteiger partial charge in [-0.3, -0.25) is 0 Å². The lowest BCUT2D eigenvalue weighted by atomic mass is 10.1. The van der Waals surface area contributed by atoms with E-state index in [9.17, 15) is 0 Å². The van der Waals surface area contributed by atoms with Crippen molar-refractivity contribution in [3.05, 3.63) is 36.4 Å². The van der Waals surface area contributed by atoms with Gasteiger partial charge < -0.3 is 9.47 Å². The van der Waals surface area contributed by atoms with Crippen LogP contribution in [0.4, 0.5) is 0 Å². The van der Waals surface area contributed by atoms with Gasteiger partial charge in [0.05, 0.1) is 6.61 Å². The number of hydrogen-bond acceptors (Lipinski definition) is 2. The largest absolute Gasteiger partial charge is 0.465 e. The quantitative estimate of drug-likeness (QED) is 0.661. The summed E-state index contributed by atoms with van der Waals surface area (Å²) >= 11 is 0. The molecule has 0 fully saturated rings. The molecule has 0 amide bonds. The van der Waals surface area contributed by atoms with Crippen LogP contribution in [-0.4, -0.2) is 12.9 Å². The molecule has 0 spiro atoms. The number of allylic oxidation sites excluding steroid dienone is 1. The van der Waals surface area contributed by atoms with Crippen molar-refractivity contribution in [3.63, 3.8) is 0 Å². The molecule has 1 unspecified atom stereocenters. The summed E-state index contributed by atoms with van der Waals surface area (Å²) in [6.07, 6.45) is 0.821. The Kier molecular flexibility index (Phi) is 5.93. The highest BCUT2D eigenvalue weighted by molar-refractivity contribution is 5.61. The van der Waals surface area contributed by atoms with Crippen molar-refractivity contribution in [2.45, 2.75) is 40.4 Å². The van der Waals surface area contributed by atoms with Gasteiger partial charge in [-0.1, -0.05) is 45.1 Å². The van der Waals surface area contributed by atoms with E-state index in [1.165, 1.54) is 0 Å². The summed E-state index contributed by atoms with van der Waals surface area (Å²) in [6, 6.07) is 7.98. The van der Waals surface area contributed by atoms with Crippen molar-refractivity contribution >= 4 is 5.57 Å². The zero-order chi connectivity index (χ0) is 13.5. The highest BCUT2D eigenvalue weighted by Gasteiger charge is 2.15. The minimum Gasteiger partial charge on any atom is -0.465 e. The summed E-state index contributed by atoms with van der Waals surface area (Å²) in [5, 5.41) is 0. The van der Waals surface area contributed by atoms with Crippen LogP contribution in [-0.2, 0) is 4.74 Å². The Balaban J connectivity index is 2.65. The third-order valence-corrected chi connectivity index (χ3v) is 2.63. The number of benzene rings is 1. The van der Waals surface area contributed by atoms with Crippen molar-refractivity contribution < 1.29 is 9.47 Å². The molecule has 0 heterocycles. The fourth-order valence-electron chi connectivity index (χ4n) is 1.55. The zero-order valence-corrected chi connectivity index (χ0v) is 11.9. The lowest BCUT2D eigenvalue weighted by Crippen LogP contribution is -2.27. The zero-order valence-electron chi connectivity index (χ0n) is 11.9. The third-order valence-electron chi connectivity index (χ3n) is 2.63. The maximum Gasteiger partial charge on any atom is 0.202 e. The van der Waals surface area contributed by atoms with Gasteiger partial charge in [0.25, 0.3) is 0 Å². The molecule has 2 nitrogen and oxygen atoms in total. The normalized spacial score (nSPS) is 12.5. The lowest BCUT2D eigenvalue weighted by Gasteiger charge is -2.22. The molecule has 0 radical (unpaired) electrons. The Morgan fingerprint density at radius 1 is 1.22 bits per heavy atom. The molecule has 1 rings (SSSR count). The number of rotatable bonds is 7. The van der Waals surface area contributed by atoms with Crippen LogP contribution in [0.1, 0.15) is 39.7 Å². The van der Waals surface area contributed by atoms with Gasteiger partial charge in [0.15, 0.2) is 0 Å². The first-order valence-corrected chi connectivity index (χ1v) is 6.58. The molecule has 1 atom stereocenters. The smallest absolute Gasteiger partial charge is 0.202 e. The second-order valence-electron chi connectivity index (χ2n) is 4.91. The summed E-state index contributed by atoms with van der Waals surface area (Å²) in [4.78, 5) is 0.